The number of halogens is 1. The van der Waals surface area contributed by atoms with Gasteiger partial charge in [0.15, 0.2) is 0 Å². The summed E-state index contributed by atoms with van der Waals surface area (Å²) in [5, 5.41) is 0.747. The van der Waals surface area contributed by atoms with Crippen molar-refractivity contribution in [1.82, 2.24) is 0 Å². The predicted octanol–water partition coefficient (Wildman–Crippen LogP) is 3.97. The first-order valence-corrected chi connectivity index (χ1v) is 8.02. The number of rotatable bonds is 10. The molecule has 0 bridgehead atoms. The number of hydrogen-bond acceptors (Lipinski definition) is 3. The predicted molar refractivity (Wildman–Crippen MR) is 81.8 cm³/mol. The summed E-state index contributed by atoms with van der Waals surface area (Å²) in [6.45, 7) is 1.60. The van der Waals surface area contributed by atoms with E-state index in [4.69, 9.17) is 22.1 Å². The van der Waals surface area contributed by atoms with Crippen LogP contribution in [0.2, 0.25) is 5.02 Å². The van der Waals surface area contributed by atoms with Crippen molar-refractivity contribution in [2.75, 3.05) is 24.7 Å². The smallest absolute Gasteiger partial charge is 0.119 e. The topological polar surface area (TPSA) is 35.2 Å². The maximum atomic E-state index is 5.80. The standard InChI is InChI=1S/C14H22ClNOS/c15-13-5-7-14(8-6-13)17-10-2-4-12-18-11-3-1-9-16/h5-8H,1-4,9-12,16H2. The first kappa shape index (κ1) is 15.7. The molecule has 18 heavy (non-hydrogen) atoms. The zero-order valence-corrected chi connectivity index (χ0v) is 12.3. The van der Waals surface area contributed by atoms with Crippen molar-refractivity contribution >= 4 is 23.4 Å². The van der Waals surface area contributed by atoms with E-state index in [1.165, 1.54) is 24.3 Å². The number of hydrogen-bond donors (Lipinski definition) is 1. The van der Waals surface area contributed by atoms with Crippen LogP contribution in [0, 0.1) is 0 Å². The SMILES string of the molecule is NCCCCSCCCCOc1ccc(Cl)cc1. The van der Waals surface area contributed by atoms with Gasteiger partial charge in [-0.2, -0.15) is 11.8 Å². The Morgan fingerprint density at radius 3 is 2.33 bits per heavy atom. The quantitative estimate of drug-likeness (QED) is 0.661. The van der Waals surface area contributed by atoms with Gasteiger partial charge < -0.3 is 10.5 Å². The normalized spacial score (nSPS) is 10.6. The second-order valence-corrected chi connectivity index (χ2v) is 5.78. The molecule has 1 aromatic rings. The Labute approximate surface area is 119 Å². The molecular weight excluding hydrogens is 266 g/mol. The molecule has 0 amide bonds. The van der Waals surface area contributed by atoms with E-state index >= 15 is 0 Å². The molecule has 1 aromatic carbocycles. The van der Waals surface area contributed by atoms with Crippen molar-refractivity contribution in [2.45, 2.75) is 25.7 Å². The van der Waals surface area contributed by atoms with Gasteiger partial charge in [-0.15, -0.1) is 0 Å². The van der Waals surface area contributed by atoms with Crippen LogP contribution in [0.5, 0.6) is 5.75 Å². The van der Waals surface area contributed by atoms with Gasteiger partial charge in [-0.3, -0.25) is 0 Å². The van der Waals surface area contributed by atoms with Crippen LogP contribution in [0.1, 0.15) is 25.7 Å². The van der Waals surface area contributed by atoms with Crippen LogP contribution in [0.15, 0.2) is 24.3 Å². The monoisotopic (exact) mass is 287 g/mol. The van der Waals surface area contributed by atoms with Crippen molar-refractivity contribution < 1.29 is 4.74 Å². The molecule has 0 heterocycles. The van der Waals surface area contributed by atoms with Gasteiger partial charge in [-0.25, -0.2) is 0 Å². The third-order valence-corrected chi connectivity index (χ3v) is 3.91. The van der Waals surface area contributed by atoms with Gasteiger partial charge in [-0.05, 0) is 68.0 Å². The Morgan fingerprint density at radius 2 is 1.67 bits per heavy atom. The Bertz CT molecular complexity index is 305. The highest BCUT2D eigenvalue weighted by molar-refractivity contribution is 7.99. The second-order valence-electron chi connectivity index (χ2n) is 4.12. The van der Waals surface area contributed by atoms with Gasteiger partial charge in [0.1, 0.15) is 5.75 Å². The molecule has 0 aliphatic rings. The van der Waals surface area contributed by atoms with Crippen LogP contribution in [-0.4, -0.2) is 24.7 Å². The van der Waals surface area contributed by atoms with Crippen LogP contribution in [-0.2, 0) is 0 Å². The summed E-state index contributed by atoms with van der Waals surface area (Å²) in [5.74, 6) is 3.35. The maximum Gasteiger partial charge on any atom is 0.119 e. The lowest BCUT2D eigenvalue weighted by atomic mass is 10.3. The Hall–Kier alpha value is -0.380. The molecular formula is C14H22ClNOS. The molecule has 0 aromatic heterocycles. The highest BCUT2D eigenvalue weighted by Crippen LogP contribution is 2.16. The lowest BCUT2D eigenvalue weighted by Gasteiger charge is -2.06. The van der Waals surface area contributed by atoms with Crippen molar-refractivity contribution in [1.29, 1.82) is 0 Å². The van der Waals surface area contributed by atoms with Gasteiger partial charge in [0, 0.05) is 5.02 Å². The number of ether oxygens (including phenoxy) is 1. The van der Waals surface area contributed by atoms with Crippen LogP contribution in [0.4, 0.5) is 0 Å². The van der Waals surface area contributed by atoms with E-state index in [1.54, 1.807) is 0 Å². The lowest BCUT2D eigenvalue weighted by molar-refractivity contribution is 0.310. The summed E-state index contributed by atoms with van der Waals surface area (Å²) < 4.78 is 5.62. The average Bonchev–Trinajstić information content (AvgIpc) is 2.39. The van der Waals surface area contributed by atoms with Gasteiger partial charge in [0.05, 0.1) is 6.61 Å². The fourth-order valence-corrected chi connectivity index (χ4v) is 2.62. The highest BCUT2D eigenvalue weighted by Gasteiger charge is 1.95. The molecule has 0 spiro atoms. The molecule has 2 nitrogen and oxygen atoms in total. The molecule has 0 atom stereocenters. The fourth-order valence-electron chi connectivity index (χ4n) is 1.48. The van der Waals surface area contributed by atoms with E-state index < -0.39 is 0 Å². The van der Waals surface area contributed by atoms with Gasteiger partial charge in [0.2, 0.25) is 0 Å². The summed E-state index contributed by atoms with van der Waals surface area (Å²) in [6, 6.07) is 7.52. The third-order valence-electron chi connectivity index (χ3n) is 2.51. The van der Waals surface area contributed by atoms with E-state index in [2.05, 4.69) is 0 Å². The first-order valence-electron chi connectivity index (χ1n) is 6.49. The fraction of sp³-hybridized carbons (Fsp3) is 0.571. The summed E-state index contributed by atoms with van der Waals surface area (Å²) >= 11 is 7.81. The molecule has 0 saturated heterocycles. The Kier molecular flexibility index (Phi) is 9.17. The maximum absolute atomic E-state index is 5.80. The van der Waals surface area contributed by atoms with E-state index in [9.17, 15) is 0 Å². The van der Waals surface area contributed by atoms with Gasteiger partial charge in [0.25, 0.3) is 0 Å². The van der Waals surface area contributed by atoms with Crippen molar-refractivity contribution in [3.05, 3.63) is 29.3 Å². The number of thioether (sulfide) groups is 1. The minimum atomic E-state index is 0.747. The second kappa shape index (κ2) is 10.5. The first-order chi connectivity index (χ1) is 8.83. The molecule has 0 radical (unpaired) electrons. The van der Waals surface area contributed by atoms with Gasteiger partial charge in [-0.1, -0.05) is 11.6 Å². The van der Waals surface area contributed by atoms with E-state index in [1.807, 2.05) is 36.0 Å². The molecule has 0 unspecified atom stereocenters. The van der Waals surface area contributed by atoms with Crippen molar-refractivity contribution in [2.24, 2.45) is 5.73 Å². The van der Waals surface area contributed by atoms with Crippen molar-refractivity contribution in [3.63, 3.8) is 0 Å². The number of benzene rings is 1. The van der Waals surface area contributed by atoms with E-state index in [-0.39, 0.29) is 0 Å². The van der Waals surface area contributed by atoms with E-state index in [0.29, 0.717) is 0 Å². The van der Waals surface area contributed by atoms with Crippen LogP contribution < -0.4 is 10.5 Å². The van der Waals surface area contributed by atoms with Crippen LogP contribution >= 0.6 is 23.4 Å². The number of unbranched alkanes of at least 4 members (excludes halogenated alkanes) is 2. The summed E-state index contributed by atoms with van der Waals surface area (Å²) in [7, 11) is 0. The summed E-state index contributed by atoms with van der Waals surface area (Å²) in [4.78, 5) is 0. The minimum absolute atomic E-state index is 0.747. The summed E-state index contributed by atoms with van der Waals surface area (Å²) in [5.41, 5.74) is 5.44. The highest BCUT2D eigenvalue weighted by atomic mass is 35.5. The lowest BCUT2D eigenvalue weighted by Crippen LogP contribution is -1.99. The molecule has 4 heteroatoms. The zero-order chi connectivity index (χ0) is 13.1. The van der Waals surface area contributed by atoms with Crippen LogP contribution in [0.3, 0.4) is 0 Å². The average molecular weight is 288 g/mol. The number of nitrogens with two attached hydrogens (primary N) is 1. The Morgan fingerprint density at radius 1 is 1.00 bits per heavy atom. The summed E-state index contributed by atoms with van der Waals surface area (Å²) in [6.07, 6.45) is 4.70. The molecule has 0 saturated carbocycles. The molecule has 0 fully saturated rings. The molecule has 0 aliphatic heterocycles. The molecule has 0 aliphatic carbocycles. The third kappa shape index (κ3) is 7.85. The molecule has 1 rings (SSSR count). The van der Waals surface area contributed by atoms with Crippen LogP contribution in [0.25, 0.3) is 0 Å². The largest absolute Gasteiger partial charge is 0.494 e. The van der Waals surface area contributed by atoms with E-state index in [0.717, 1.165) is 36.8 Å². The molecule has 102 valence electrons. The van der Waals surface area contributed by atoms with Crippen molar-refractivity contribution in [3.8, 4) is 5.75 Å². The van der Waals surface area contributed by atoms with Gasteiger partial charge >= 0.3 is 0 Å². The molecule has 2 N–H and O–H groups in total. The zero-order valence-electron chi connectivity index (χ0n) is 10.7. The minimum Gasteiger partial charge on any atom is -0.494 e. The Balaban J connectivity index is 1.91.